The van der Waals surface area contributed by atoms with Gasteiger partial charge < -0.3 is 14.2 Å². The van der Waals surface area contributed by atoms with E-state index in [9.17, 15) is 0 Å². The smallest absolute Gasteiger partial charge is 0.123 e. The van der Waals surface area contributed by atoms with Crippen LogP contribution in [-0.2, 0) is 19.6 Å². The summed E-state index contributed by atoms with van der Waals surface area (Å²) < 4.78 is 16.6. The molecule has 3 aromatic rings. The molecule has 0 aliphatic rings. The minimum Gasteiger partial charge on any atom is -0.496 e. The fraction of sp³-hybridized carbons (Fsp3) is 0.400. The molecule has 37 heavy (non-hydrogen) atoms. The van der Waals surface area contributed by atoms with Crippen molar-refractivity contribution in [3.63, 3.8) is 0 Å². The van der Waals surface area contributed by atoms with Gasteiger partial charge in [0.2, 0.25) is 0 Å². The zero-order valence-corrected chi connectivity index (χ0v) is 23.0. The number of ether oxygens (including phenoxy) is 3. The summed E-state index contributed by atoms with van der Waals surface area (Å²) in [6, 6.07) is 24.4. The van der Waals surface area contributed by atoms with E-state index in [1.165, 1.54) is 0 Å². The Bertz CT molecular complexity index is 957. The van der Waals surface area contributed by atoms with Gasteiger partial charge in [0.1, 0.15) is 17.2 Å². The molecule has 0 saturated heterocycles. The van der Waals surface area contributed by atoms with Crippen LogP contribution in [0.1, 0.15) is 37.5 Å². The molecule has 3 aromatic carbocycles. The van der Waals surface area contributed by atoms with Crippen LogP contribution in [0.5, 0.6) is 17.2 Å². The fourth-order valence-electron chi connectivity index (χ4n) is 4.64. The SMILES string of the molecule is COc1ccccc1CNC(C)N(C(C)NCc1ccccc1OC)C(C)NCc1ccccc1OC. The third-order valence-electron chi connectivity index (χ3n) is 6.68. The molecule has 3 rings (SSSR count). The molecule has 3 unspecified atom stereocenters. The van der Waals surface area contributed by atoms with Crippen LogP contribution in [0.15, 0.2) is 72.8 Å². The van der Waals surface area contributed by atoms with E-state index in [1.54, 1.807) is 21.3 Å². The maximum absolute atomic E-state index is 5.55. The molecule has 0 bridgehead atoms. The molecule has 0 fully saturated rings. The molecule has 0 amide bonds. The standard InChI is InChI=1S/C30H42N4O3/c1-22(31-19-25-13-7-10-16-28(25)35-4)34(23(2)32-20-26-14-8-11-17-29(26)36-5)24(3)33-21-27-15-9-12-18-30(27)37-6/h7-18,22-24,31-33H,19-21H2,1-6H3. The minimum absolute atomic E-state index is 0.0604. The molecule has 0 radical (unpaired) electrons. The van der Waals surface area contributed by atoms with Crippen LogP contribution in [0.3, 0.4) is 0 Å². The summed E-state index contributed by atoms with van der Waals surface area (Å²) in [6.07, 6.45) is 0.181. The van der Waals surface area contributed by atoms with Gasteiger partial charge in [0, 0.05) is 36.3 Å². The van der Waals surface area contributed by atoms with Crippen molar-refractivity contribution in [2.45, 2.75) is 58.9 Å². The number of rotatable bonds is 15. The van der Waals surface area contributed by atoms with Gasteiger partial charge in [-0.05, 0) is 39.0 Å². The highest BCUT2D eigenvalue weighted by molar-refractivity contribution is 5.34. The zero-order chi connectivity index (χ0) is 26.6. The molecule has 7 nitrogen and oxygen atoms in total. The molecule has 3 N–H and O–H groups in total. The maximum atomic E-state index is 5.55. The quantitative estimate of drug-likeness (QED) is 0.258. The molecule has 0 spiro atoms. The third-order valence-corrected chi connectivity index (χ3v) is 6.68. The average molecular weight is 507 g/mol. The molecule has 200 valence electrons. The lowest BCUT2D eigenvalue weighted by Crippen LogP contribution is -2.60. The van der Waals surface area contributed by atoms with Gasteiger partial charge in [-0.15, -0.1) is 0 Å². The molecule has 0 aromatic heterocycles. The van der Waals surface area contributed by atoms with Crippen molar-refractivity contribution in [3.05, 3.63) is 89.5 Å². The predicted molar refractivity (Wildman–Crippen MR) is 150 cm³/mol. The van der Waals surface area contributed by atoms with Gasteiger partial charge in [-0.3, -0.25) is 20.9 Å². The van der Waals surface area contributed by atoms with Crippen molar-refractivity contribution in [1.29, 1.82) is 0 Å². The summed E-state index contributed by atoms with van der Waals surface area (Å²) >= 11 is 0. The summed E-state index contributed by atoms with van der Waals surface area (Å²) in [5.74, 6) is 2.66. The van der Waals surface area contributed by atoms with Gasteiger partial charge >= 0.3 is 0 Å². The first-order valence-electron chi connectivity index (χ1n) is 12.8. The number of methoxy groups -OCH3 is 3. The Kier molecular flexibility index (Phi) is 11.2. The molecule has 0 aliphatic carbocycles. The van der Waals surface area contributed by atoms with E-state index in [0.717, 1.165) is 33.9 Å². The van der Waals surface area contributed by atoms with E-state index in [2.05, 4.69) is 59.8 Å². The Morgan fingerprint density at radius 2 is 0.784 bits per heavy atom. The highest BCUT2D eigenvalue weighted by atomic mass is 16.5. The number of para-hydroxylation sites is 3. The second kappa shape index (κ2) is 14.6. The number of hydrogen-bond acceptors (Lipinski definition) is 7. The molecular weight excluding hydrogens is 464 g/mol. The Morgan fingerprint density at radius 3 is 1.05 bits per heavy atom. The average Bonchev–Trinajstić information content (AvgIpc) is 2.94. The number of nitrogens with one attached hydrogen (secondary N) is 3. The third kappa shape index (κ3) is 7.94. The largest absolute Gasteiger partial charge is 0.496 e. The first-order valence-corrected chi connectivity index (χ1v) is 12.8. The maximum Gasteiger partial charge on any atom is 0.123 e. The van der Waals surface area contributed by atoms with E-state index < -0.39 is 0 Å². The van der Waals surface area contributed by atoms with Crippen molar-refractivity contribution < 1.29 is 14.2 Å². The topological polar surface area (TPSA) is 67.0 Å². The Morgan fingerprint density at radius 1 is 0.514 bits per heavy atom. The monoisotopic (exact) mass is 506 g/mol. The molecule has 7 heteroatoms. The lowest BCUT2D eigenvalue weighted by molar-refractivity contribution is 0.0472. The first-order chi connectivity index (χ1) is 18.0. The fourth-order valence-corrected chi connectivity index (χ4v) is 4.64. The van der Waals surface area contributed by atoms with E-state index in [-0.39, 0.29) is 18.5 Å². The van der Waals surface area contributed by atoms with Gasteiger partial charge in [-0.1, -0.05) is 54.6 Å². The van der Waals surface area contributed by atoms with Crippen LogP contribution in [-0.4, -0.2) is 44.7 Å². The molecule has 3 atom stereocenters. The second-order valence-corrected chi connectivity index (χ2v) is 9.05. The van der Waals surface area contributed by atoms with Crippen molar-refractivity contribution in [3.8, 4) is 17.2 Å². The van der Waals surface area contributed by atoms with Crippen molar-refractivity contribution >= 4 is 0 Å². The summed E-state index contributed by atoms with van der Waals surface area (Å²) in [6.45, 7) is 8.66. The number of hydrogen-bond donors (Lipinski definition) is 3. The summed E-state index contributed by atoms with van der Waals surface area (Å²) in [7, 11) is 5.13. The molecular formula is C30H42N4O3. The zero-order valence-electron chi connectivity index (χ0n) is 23.0. The lowest BCUT2D eigenvalue weighted by atomic mass is 10.2. The summed E-state index contributed by atoms with van der Waals surface area (Å²) in [4.78, 5) is 2.40. The highest BCUT2D eigenvalue weighted by Crippen LogP contribution is 2.20. The lowest BCUT2D eigenvalue weighted by Gasteiger charge is -2.40. The Hall–Kier alpha value is -3.10. The van der Waals surface area contributed by atoms with Gasteiger partial charge in [0.25, 0.3) is 0 Å². The second-order valence-electron chi connectivity index (χ2n) is 9.05. The van der Waals surface area contributed by atoms with E-state index >= 15 is 0 Å². The van der Waals surface area contributed by atoms with Crippen LogP contribution < -0.4 is 30.2 Å². The van der Waals surface area contributed by atoms with Crippen LogP contribution in [0.2, 0.25) is 0 Å². The van der Waals surface area contributed by atoms with Crippen LogP contribution >= 0.6 is 0 Å². The van der Waals surface area contributed by atoms with Crippen molar-refractivity contribution in [2.75, 3.05) is 21.3 Å². The van der Waals surface area contributed by atoms with Crippen molar-refractivity contribution in [1.82, 2.24) is 20.9 Å². The summed E-state index contributed by atoms with van der Waals surface area (Å²) in [5.41, 5.74) is 3.38. The van der Waals surface area contributed by atoms with Crippen LogP contribution in [0.25, 0.3) is 0 Å². The number of benzene rings is 3. The van der Waals surface area contributed by atoms with Gasteiger partial charge in [-0.25, -0.2) is 0 Å². The summed E-state index contributed by atoms with van der Waals surface area (Å²) in [5, 5.41) is 11.1. The Balaban J connectivity index is 1.73. The minimum atomic E-state index is 0.0604. The first kappa shape index (κ1) is 28.5. The van der Waals surface area contributed by atoms with Gasteiger partial charge in [0.15, 0.2) is 0 Å². The van der Waals surface area contributed by atoms with Gasteiger partial charge in [0.05, 0.1) is 39.8 Å². The van der Waals surface area contributed by atoms with E-state index in [4.69, 9.17) is 14.2 Å². The highest BCUT2D eigenvalue weighted by Gasteiger charge is 2.25. The van der Waals surface area contributed by atoms with E-state index in [0.29, 0.717) is 19.6 Å². The normalized spacial score (nSPS) is 13.7. The Labute approximate surface area is 222 Å². The van der Waals surface area contributed by atoms with Crippen LogP contribution in [0.4, 0.5) is 0 Å². The number of nitrogens with zero attached hydrogens (tertiary/aromatic N) is 1. The molecule has 0 aliphatic heterocycles. The van der Waals surface area contributed by atoms with Crippen molar-refractivity contribution in [2.24, 2.45) is 0 Å². The van der Waals surface area contributed by atoms with E-state index in [1.807, 2.05) is 54.6 Å². The van der Waals surface area contributed by atoms with Gasteiger partial charge in [-0.2, -0.15) is 0 Å². The molecule has 0 saturated carbocycles. The molecule has 0 heterocycles. The predicted octanol–water partition coefficient (Wildman–Crippen LogP) is 4.72. The van der Waals surface area contributed by atoms with Crippen LogP contribution in [0, 0.1) is 0 Å².